The molecule has 5 rings (SSSR count). The van der Waals surface area contributed by atoms with Crippen LogP contribution in [0.5, 0.6) is 0 Å². The Balaban J connectivity index is 1.30. The zero-order valence-corrected chi connectivity index (χ0v) is 22.8. The van der Waals surface area contributed by atoms with Crippen LogP contribution in [0.2, 0.25) is 10.0 Å². The minimum absolute atomic E-state index is 0.181. The number of β-amino-alcohol motifs (C(OH)–C–C–N with tert-alkyl or cyclic N) is 1. The van der Waals surface area contributed by atoms with Crippen molar-refractivity contribution < 1.29 is 18.3 Å². The number of aliphatic hydroxyl groups excluding tert-OH is 1. The average molecular weight is 569 g/mol. The van der Waals surface area contributed by atoms with E-state index in [2.05, 4.69) is 31.8 Å². The van der Waals surface area contributed by atoms with E-state index in [1.54, 1.807) is 6.07 Å². The molecule has 1 aliphatic carbocycles. The summed E-state index contributed by atoms with van der Waals surface area (Å²) in [6, 6.07) is 9.32. The van der Waals surface area contributed by atoms with Gasteiger partial charge in [-0.05, 0) is 78.8 Å². The van der Waals surface area contributed by atoms with E-state index in [-0.39, 0.29) is 17.7 Å². The maximum atomic E-state index is 13.3. The van der Waals surface area contributed by atoms with Gasteiger partial charge in [0.1, 0.15) is 0 Å². The molecular formula is C28H33Cl2F3N4O. The zero-order chi connectivity index (χ0) is 26.9. The Labute approximate surface area is 231 Å². The fraction of sp³-hybridized carbons (Fsp3) is 0.536. The van der Waals surface area contributed by atoms with Crippen LogP contribution in [-0.2, 0) is 19.0 Å². The lowest BCUT2D eigenvalue weighted by atomic mass is 9.92. The lowest BCUT2D eigenvalue weighted by molar-refractivity contribution is -0.141. The van der Waals surface area contributed by atoms with Crippen LogP contribution in [0, 0.1) is 0 Å². The van der Waals surface area contributed by atoms with Crippen molar-refractivity contribution >= 4 is 28.8 Å². The summed E-state index contributed by atoms with van der Waals surface area (Å²) in [6.45, 7) is 7.31. The first kappa shape index (κ1) is 27.9. The van der Waals surface area contributed by atoms with Gasteiger partial charge in [-0.15, -0.1) is 0 Å². The number of piperazine rings is 1. The number of alkyl halides is 3. The lowest BCUT2D eigenvalue weighted by Crippen LogP contribution is -2.53. The molecule has 2 aliphatic heterocycles. The number of fused-ring (bicyclic) bond motifs is 2. The molecule has 0 amide bonds. The first-order valence-corrected chi connectivity index (χ1v) is 14.0. The number of hydrogen-bond acceptors (Lipinski definition) is 5. The van der Waals surface area contributed by atoms with Crippen molar-refractivity contribution in [3.8, 4) is 0 Å². The Morgan fingerprint density at radius 2 is 1.74 bits per heavy atom. The minimum atomic E-state index is -4.56. The number of rotatable bonds is 8. The highest BCUT2D eigenvalue weighted by molar-refractivity contribution is 6.31. The molecule has 0 radical (unpaired) electrons. The van der Waals surface area contributed by atoms with Gasteiger partial charge in [0.25, 0.3) is 0 Å². The Kier molecular flexibility index (Phi) is 8.67. The molecule has 0 saturated carbocycles. The molecule has 0 spiro atoms. The van der Waals surface area contributed by atoms with Crippen molar-refractivity contribution in [3.63, 3.8) is 0 Å². The van der Waals surface area contributed by atoms with Crippen molar-refractivity contribution in [3.05, 3.63) is 68.5 Å². The van der Waals surface area contributed by atoms with Gasteiger partial charge in [-0.3, -0.25) is 14.7 Å². The van der Waals surface area contributed by atoms with Crippen LogP contribution < -0.4 is 0 Å². The van der Waals surface area contributed by atoms with E-state index in [1.807, 2.05) is 6.07 Å². The van der Waals surface area contributed by atoms with E-state index < -0.39 is 11.9 Å². The maximum Gasteiger partial charge on any atom is 0.434 e. The fourth-order valence-corrected chi connectivity index (χ4v) is 6.46. The molecule has 3 aliphatic rings. The summed E-state index contributed by atoms with van der Waals surface area (Å²) in [5, 5.41) is 9.67. The Morgan fingerprint density at radius 3 is 2.47 bits per heavy atom. The van der Waals surface area contributed by atoms with Gasteiger partial charge in [0, 0.05) is 62.6 Å². The summed E-state index contributed by atoms with van der Waals surface area (Å²) in [5.74, 6) is 0. The van der Waals surface area contributed by atoms with Crippen molar-refractivity contribution in [2.24, 2.45) is 0 Å². The molecule has 1 saturated heterocycles. The predicted molar refractivity (Wildman–Crippen MR) is 145 cm³/mol. The number of benzene rings is 1. The minimum Gasteiger partial charge on any atom is -0.395 e. The second kappa shape index (κ2) is 11.8. The molecule has 1 N–H and O–H groups in total. The SMILES string of the molecule is OCCN1CCN(CC2C3=C(CCN2CCCc2ccc(Cl)c(C(F)(F)F)n2)c2cc(Cl)ccc2C3)CC1. The predicted octanol–water partition coefficient (Wildman–Crippen LogP) is 5.03. The summed E-state index contributed by atoms with van der Waals surface area (Å²) in [7, 11) is 0. The molecule has 1 unspecified atom stereocenters. The molecule has 3 heterocycles. The number of pyridine rings is 1. The third-order valence-corrected chi connectivity index (χ3v) is 8.56. The molecule has 1 atom stereocenters. The van der Waals surface area contributed by atoms with Gasteiger partial charge >= 0.3 is 6.18 Å². The summed E-state index contributed by atoms with van der Waals surface area (Å²) in [4.78, 5) is 11.1. The topological polar surface area (TPSA) is 42.8 Å². The summed E-state index contributed by atoms with van der Waals surface area (Å²) < 4.78 is 39.8. The molecule has 0 bridgehead atoms. The molecule has 5 nitrogen and oxygen atoms in total. The van der Waals surface area contributed by atoms with Gasteiger partial charge < -0.3 is 5.11 Å². The number of aryl methyl sites for hydroxylation is 1. The van der Waals surface area contributed by atoms with Gasteiger partial charge in [0.2, 0.25) is 0 Å². The Morgan fingerprint density at radius 1 is 0.974 bits per heavy atom. The third-order valence-electron chi connectivity index (χ3n) is 8.02. The van der Waals surface area contributed by atoms with Crippen molar-refractivity contribution in [1.29, 1.82) is 0 Å². The van der Waals surface area contributed by atoms with E-state index in [0.29, 0.717) is 25.1 Å². The van der Waals surface area contributed by atoms with Gasteiger partial charge in [-0.1, -0.05) is 29.3 Å². The highest BCUT2D eigenvalue weighted by Crippen LogP contribution is 2.42. The van der Waals surface area contributed by atoms with E-state index in [0.717, 1.165) is 63.7 Å². The van der Waals surface area contributed by atoms with Gasteiger partial charge in [-0.25, -0.2) is 4.98 Å². The van der Waals surface area contributed by atoms with Crippen LogP contribution in [0.3, 0.4) is 0 Å². The standard InChI is InChI=1S/C28H33Cl2F3N4O/c29-20-4-3-19-16-24-22(23(19)17-20)7-9-37(26(24)18-36-12-10-35(11-13-36)14-15-38)8-1-2-21-5-6-25(30)27(34-21)28(31,32)33/h3-6,17,26,38H,1-2,7-16,18H2. The van der Waals surface area contributed by atoms with Crippen LogP contribution in [0.15, 0.2) is 35.9 Å². The highest BCUT2D eigenvalue weighted by atomic mass is 35.5. The first-order valence-electron chi connectivity index (χ1n) is 13.3. The monoisotopic (exact) mass is 568 g/mol. The molecular weight excluding hydrogens is 536 g/mol. The second-order valence-corrected chi connectivity index (χ2v) is 11.2. The summed E-state index contributed by atoms with van der Waals surface area (Å²) in [6.07, 6.45) is -1.52. The second-order valence-electron chi connectivity index (χ2n) is 10.4. The molecule has 1 fully saturated rings. The number of hydrogen-bond donors (Lipinski definition) is 1. The Bertz CT molecular complexity index is 1180. The quantitative estimate of drug-likeness (QED) is 0.483. The largest absolute Gasteiger partial charge is 0.434 e. The van der Waals surface area contributed by atoms with Gasteiger partial charge in [0.15, 0.2) is 5.69 Å². The van der Waals surface area contributed by atoms with Crippen LogP contribution in [0.25, 0.3) is 5.57 Å². The van der Waals surface area contributed by atoms with Crippen LogP contribution in [0.1, 0.15) is 35.4 Å². The average Bonchev–Trinajstić information content (AvgIpc) is 3.25. The van der Waals surface area contributed by atoms with Crippen LogP contribution in [0.4, 0.5) is 13.2 Å². The molecule has 38 heavy (non-hydrogen) atoms. The summed E-state index contributed by atoms with van der Waals surface area (Å²) >= 11 is 12.1. The van der Waals surface area contributed by atoms with E-state index in [1.165, 1.54) is 28.3 Å². The molecule has 1 aromatic heterocycles. The maximum absolute atomic E-state index is 13.3. The number of aromatic nitrogens is 1. The number of nitrogens with zero attached hydrogens (tertiary/aromatic N) is 4. The highest BCUT2D eigenvalue weighted by Gasteiger charge is 2.37. The van der Waals surface area contributed by atoms with Crippen LogP contribution >= 0.6 is 23.2 Å². The third kappa shape index (κ3) is 6.21. The number of aliphatic hydroxyl groups is 1. The lowest BCUT2D eigenvalue weighted by Gasteiger charge is -2.42. The zero-order valence-electron chi connectivity index (χ0n) is 21.3. The normalized spacial score (nSPS) is 21.2. The Hall–Kier alpha value is -1.68. The smallest absolute Gasteiger partial charge is 0.395 e. The fourth-order valence-electron chi connectivity index (χ4n) is 6.07. The van der Waals surface area contributed by atoms with Crippen molar-refractivity contribution in [2.45, 2.75) is 37.9 Å². The molecule has 2 aromatic rings. The van der Waals surface area contributed by atoms with E-state index in [4.69, 9.17) is 23.2 Å². The van der Waals surface area contributed by atoms with E-state index >= 15 is 0 Å². The number of halogens is 5. The van der Waals surface area contributed by atoms with Gasteiger partial charge in [0.05, 0.1) is 11.6 Å². The van der Waals surface area contributed by atoms with Crippen molar-refractivity contribution in [1.82, 2.24) is 19.7 Å². The summed E-state index contributed by atoms with van der Waals surface area (Å²) in [5.41, 5.74) is 4.87. The van der Waals surface area contributed by atoms with Crippen molar-refractivity contribution in [2.75, 3.05) is 59.0 Å². The van der Waals surface area contributed by atoms with Crippen LogP contribution in [-0.4, -0.2) is 89.8 Å². The molecule has 10 heteroatoms. The molecule has 206 valence electrons. The molecule has 1 aromatic carbocycles. The van der Waals surface area contributed by atoms with Gasteiger partial charge in [-0.2, -0.15) is 13.2 Å². The first-order chi connectivity index (χ1) is 18.2. The van der Waals surface area contributed by atoms with E-state index in [9.17, 15) is 18.3 Å².